The van der Waals surface area contributed by atoms with E-state index in [4.69, 9.17) is 17.3 Å². The molecule has 10 heteroatoms. The third-order valence-corrected chi connectivity index (χ3v) is 6.91. The molecule has 0 saturated carbocycles. The van der Waals surface area contributed by atoms with Gasteiger partial charge >= 0.3 is 0 Å². The predicted octanol–water partition coefficient (Wildman–Crippen LogP) is 1.69. The van der Waals surface area contributed by atoms with E-state index in [0.29, 0.717) is 17.4 Å². The van der Waals surface area contributed by atoms with Gasteiger partial charge in [0.25, 0.3) is 10.0 Å². The number of sulfonamides is 1. The van der Waals surface area contributed by atoms with E-state index < -0.39 is 10.0 Å². The maximum atomic E-state index is 12.2. The van der Waals surface area contributed by atoms with Crippen LogP contribution in [0.5, 0.6) is 0 Å². The van der Waals surface area contributed by atoms with Gasteiger partial charge in [-0.2, -0.15) is 0 Å². The molecule has 2 rings (SSSR count). The lowest BCUT2D eigenvalue weighted by molar-refractivity contribution is -0.131. The number of carbonyl (C=O) groups is 1. The lowest BCUT2D eigenvalue weighted by Gasteiger charge is -2.34. The second-order valence-corrected chi connectivity index (χ2v) is 9.19. The number of thiophene rings is 1. The van der Waals surface area contributed by atoms with Crippen molar-refractivity contribution in [1.82, 2.24) is 9.62 Å². The molecule has 0 aliphatic carbocycles. The van der Waals surface area contributed by atoms with Crippen molar-refractivity contribution >= 4 is 51.3 Å². The van der Waals surface area contributed by atoms with E-state index in [2.05, 4.69) is 4.72 Å². The van der Waals surface area contributed by atoms with Crippen LogP contribution in [-0.2, 0) is 14.8 Å². The largest absolute Gasteiger partial charge is 0.341 e. The van der Waals surface area contributed by atoms with Gasteiger partial charge in [0.1, 0.15) is 4.21 Å². The lowest BCUT2D eigenvalue weighted by Crippen LogP contribution is -2.48. The minimum absolute atomic E-state index is 0. The molecule has 3 N–H and O–H groups in total. The summed E-state index contributed by atoms with van der Waals surface area (Å²) in [5.41, 5.74) is 5.89. The number of halogens is 2. The number of nitrogens with two attached hydrogens (primary N) is 1. The lowest BCUT2D eigenvalue weighted by atomic mass is 9.92. The number of amides is 1. The zero-order valence-electron chi connectivity index (χ0n) is 12.7. The molecular weight excluding hydrogens is 381 g/mol. The Morgan fingerprint density at radius 2 is 2.26 bits per heavy atom. The molecule has 1 aromatic heterocycles. The first-order valence-electron chi connectivity index (χ1n) is 7.08. The maximum absolute atomic E-state index is 12.2. The van der Waals surface area contributed by atoms with Crippen LogP contribution in [-0.4, -0.2) is 44.9 Å². The number of rotatable bonds is 5. The fraction of sp³-hybridized carbons (Fsp3) is 0.615. The normalized spacial score (nSPS) is 20.0. The van der Waals surface area contributed by atoms with Crippen LogP contribution < -0.4 is 10.5 Å². The number of hydrogen-bond donors (Lipinski definition) is 2. The van der Waals surface area contributed by atoms with Gasteiger partial charge in [-0.3, -0.25) is 4.79 Å². The second kappa shape index (κ2) is 8.64. The van der Waals surface area contributed by atoms with Gasteiger partial charge in [0.15, 0.2) is 0 Å². The number of likely N-dealkylation sites (tertiary alicyclic amines) is 1. The molecule has 2 heterocycles. The van der Waals surface area contributed by atoms with Crippen molar-refractivity contribution in [2.45, 2.75) is 30.0 Å². The van der Waals surface area contributed by atoms with Crippen molar-refractivity contribution in [3.63, 3.8) is 0 Å². The van der Waals surface area contributed by atoms with Gasteiger partial charge in [-0.05, 0) is 37.8 Å². The van der Waals surface area contributed by atoms with Crippen LogP contribution in [0.15, 0.2) is 16.3 Å². The topological polar surface area (TPSA) is 92.5 Å². The predicted molar refractivity (Wildman–Crippen MR) is 94.7 cm³/mol. The summed E-state index contributed by atoms with van der Waals surface area (Å²) in [4.78, 5) is 13.9. The van der Waals surface area contributed by atoms with Crippen molar-refractivity contribution in [1.29, 1.82) is 0 Å². The molecule has 1 aromatic rings. The summed E-state index contributed by atoms with van der Waals surface area (Å²) in [6, 6.07) is 2.97. The summed E-state index contributed by atoms with van der Waals surface area (Å²) in [5, 5.41) is 0. The number of piperidine rings is 1. The van der Waals surface area contributed by atoms with Gasteiger partial charge in [0.05, 0.1) is 10.9 Å². The van der Waals surface area contributed by atoms with Crippen LogP contribution in [0, 0.1) is 5.92 Å². The third kappa shape index (κ3) is 5.58. The van der Waals surface area contributed by atoms with Gasteiger partial charge in [-0.1, -0.05) is 11.6 Å². The first-order valence-corrected chi connectivity index (χ1v) is 9.75. The highest BCUT2D eigenvalue weighted by atomic mass is 35.5. The summed E-state index contributed by atoms with van der Waals surface area (Å²) < 4.78 is 26.9. The second-order valence-electron chi connectivity index (χ2n) is 5.48. The maximum Gasteiger partial charge on any atom is 0.250 e. The SMILES string of the molecule is CC(N)C1CCCN(C(=O)CNS(=O)(=O)c2ccc(Cl)s2)C1.Cl. The van der Waals surface area contributed by atoms with Gasteiger partial charge < -0.3 is 10.6 Å². The zero-order chi connectivity index (χ0) is 16.3. The summed E-state index contributed by atoms with van der Waals surface area (Å²) in [6.07, 6.45) is 1.89. The van der Waals surface area contributed by atoms with Crippen molar-refractivity contribution in [2.24, 2.45) is 11.7 Å². The molecule has 1 aliphatic rings. The van der Waals surface area contributed by atoms with Crippen molar-refractivity contribution in [3.05, 3.63) is 16.5 Å². The van der Waals surface area contributed by atoms with Crippen LogP contribution >= 0.6 is 35.3 Å². The highest BCUT2D eigenvalue weighted by Crippen LogP contribution is 2.25. The van der Waals surface area contributed by atoms with Crippen LogP contribution in [0.2, 0.25) is 4.34 Å². The van der Waals surface area contributed by atoms with Crippen molar-refractivity contribution in [2.75, 3.05) is 19.6 Å². The Balaban J connectivity index is 0.00000264. The van der Waals surface area contributed by atoms with Gasteiger partial charge in [0.2, 0.25) is 5.91 Å². The Hall–Kier alpha value is -0.380. The van der Waals surface area contributed by atoms with E-state index in [1.807, 2.05) is 6.92 Å². The first kappa shape index (κ1) is 20.7. The molecule has 0 spiro atoms. The smallest absolute Gasteiger partial charge is 0.250 e. The van der Waals surface area contributed by atoms with Crippen LogP contribution in [0.1, 0.15) is 19.8 Å². The summed E-state index contributed by atoms with van der Waals surface area (Å²) >= 11 is 6.70. The fourth-order valence-electron chi connectivity index (χ4n) is 2.45. The Labute approximate surface area is 151 Å². The number of nitrogens with one attached hydrogen (secondary N) is 1. The fourth-order valence-corrected chi connectivity index (χ4v) is 4.95. The van der Waals surface area contributed by atoms with Crippen LogP contribution in [0.3, 0.4) is 0 Å². The van der Waals surface area contributed by atoms with E-state index in [0.717, 1.165) is 24.2 Å². The highest BCUT2D eigenvalue weighted by Gasteiger charge is 2.27. The van der Waals surface area contributed by atoms with Crippen molar-refractivity contribution < 1.29 is 13.2 Å². The molecule has 2 atom stereocenters. The van der Waals surface area contributed by atoms with E-state index in [1.54, 1.807) is 4.90 Å². The molecule has 6 nitrogen and oxygen atoms in total. The molecule has 0 radical (unpaired) electrons. The summed E-state index contributed by atoms with van der Waals surface area (Å²) in [5.74, 6) is 0.0435. The molecule has 0 bridgehead atoms. The molecule has 1 amide bonds. The van der Waals surface area contributed by atoms with Gasteiger partial charge in [0, 0.05) is 19.1 Å². The van der Waals surface area contributed by atoms with E-state index in [1.165, 1.54) is 12.1 Å². The Morgan fingerprint density at radius 3 is 2.83 bits per heavy atom. The Bertz CT molecular complexity index is 634. The summed E-state index contributed by atoms with van der Waals surface area (Å²) in [7, 11) is -3.69. The van der Waals surface area contributed by atoms with Crippen molar-refractivity contribution in [3.8, 4) is 0 Å². The average Bonchev–Trinajstić information content (AvgIpc) is 2.92. The molecule has 1 fully saturated rings. The Kier molecular flexibility index (Phi) is 7.76. The minimum Gasteiger partial charge on any atom is -0.341 e. The molecular formula is C13H21Cl2N3O3S2. The zero-order valence-corrected chi connectivity index (χ0v) is 15.9. The average molecular weight is 402 g/mol. The molecule has 1 aliphatic heterocycles. The van der Waals surface area contributed by atoms with E-state index >= 15 is 0 Å². The molecule has 0 aromatic carbocycles. The number of nitrogens with zero attached hydrogens (tertiary/aromatic N) is 1. The van der Waals surface area contributed by atoms with Gasteiger partial charge in [-0.25, -0.2) is 13.1 Å². The van der Waals surface area contributed by atoms with Gasteiger partial charge in [-0.15, -0.1) is 23.7 Å². The van der Waals surface area contributed by atoms with E-state index in [9.17, 15) is 13.2 Å². The summed E-state index contributed by atoms with van der Waals surface area (Å²) in [6.45, 7) is 2.92. The molecule has 2 unspecified atom stereocenters. The number of carbonyl (C=O) groups excluding carboxylic acids is 1. The standard InChI is InChI=1S/C13H20ClN3O3S2.ClH/c1-9(15)10-3-2-6-17(8-10)12(18)7-16-22(19,20)13-5-4-11(14)21-13;/h4-5,9-10,16H,2-3,6-8,15H2,1H3;1H. The number of hydrogen-bond acceptors (Lipinski definition) is 5. The minimum atomic E-state index is -3.69. The molecule has 23 heavy (non-hydrogen) atoms. The molecule has 132 valence electrons. The molecule has 1 saturated heterocycles. The van der Waals surface area contributed by atoms with Crippen LogP contribution in [0.4, 0.5) is 0 Å². The quantitative estimate of drug-likeness (QED) is 0.784. The first-order chi connectivity index (χ1) is 10.3. The Morgan fingerprint density at radius 1 is 1.57 bits per heavy atom. The highest BCUT2D eigenvalue weighted by molar-refractivity contribution is 7.91. The monoisotopic (exact) mass is 401 g/mol. The van der Waals surface area contributed by atoms with Crippen LogP contribution in [0.25, 0.3) is 0 Å². The van der Waals surface area contributed by atoms with E-state index in [-0.39, 0.29) is 41.0 Å². The third-order valence-electron chi connectivity index (χ3n) is 3.78.